The fourth-order valence-electron chi connectivity index (χ4n) is 4.43. The highest BCUT2D eigenvalue weighted by atomic mass is 16.5. The maximum absolute atomic E-state index is 6.67. The van der Waals surface area contributed by atoms with E-state index in [-0.39, 0.29) is 0 Å². The van der Waals surface area contributed by atoms with Crippen LogP contribution in [0.5, 0.6) is 0 Å². The predicted octanol–water partition coefficient (Wildman–Crippen LogP) is 6.64. The van der Waals surface area contributed by atoms with Gasteiger partial charge in [-0.3, -0.25) is 0 Å². The molecule has 5 heteroatoms. The lowest BCUT2D eigenvalue weighted by atomic mass is 9.93. The fourth-order valence-corrected chi connectivity index (χ4v) is 4.43. The molecule has 0 aliphatic carbocycles. The molecule has 0 bridgehead atoms. The minimum Gasteiger partial charge on any atom is -0.373 e. The largest absolute Gasteiger partial charge is 0.373 e. The highest BCUT2D eigenvalue weighted by Gasteiger charge is 2.44. The number of aryl methyl sites for hydroxylation is 2. The van der Waals surface area contributed by atoms with Crippen LogP contribution in [0.1, 0.15) is 35.2 Å². The smallest absolute Gasteiger partial charge is 0.251 e. The summed E-state index contributed by atoms with van der Waals surface area (Å²) >= 11 is 0. The van der Waals surface area contributed by atoms with Crippen LogP contribution in [0.4, 0.5) is 5.69 Å². The molecule has 0 saturated heterocycles. The van der Waals surface area contributed by atoms with Crippen LogP contribution in [0, 0.1) is 25.7 Å². The molecule has 0 aliphatic rings. The van der Waals surface area contributed by atoms with Crippen molar-refractivity contribution in [3.63, 3.8) is 0 Å². The van der Waals surface area contributed by atoms with Crippen molar-refractivity contribution in [1.82, 2.24) is 15.0 Å². The second-order valence-corrected chi connectivity index (χ2v) is 9.09. The second kappa shape index (κ2) is 10.7. The predicted molar refractivity (Wildman–Crippen MR) is 149 cm³/mol. The number of ether oxygens (including phenoxy) is 1. The van der Waals surface area contributed by atoms with Crippen LogP contribution in [-0.2, 0) is 10.5 Å². The van der Waals surface area contributed by atoms with Crippen molar-refractivity contribution in [2.24, 2.45) is 0 Å². The number of nitrogens with one attached hydrogen (secondary N) is 1. The van der Waals surface area contributed by atoms with Gasteiger partial charge in [-0.1, -0.05) is 89.0 Å². The van der Waals surface area contributed by atoms with E-state index in [1.54, 1.807) is 0 Å². The van der Waals surface area contributed by atoms with Crippen LogP contribution >= 0.6 is 0 Å². The Kier molecular flexibility index (Phi) is 7.02. The third-order valence-corrected chi connectivity index (χ3v) is 6.36. The second-order valence-electron chi connectivity index (χ2n) is 9.09. The van der Waals surface area contributed by atoms with Crippen LogP contribution in [-0.4, -0.2) is 21.6 Å². The lowest BCUT2D eigenvalue weighted by Crippen LogP contribution is -2.45. The lowest BCUT2D eigenvalue weighted by Gasteiger charge is -2.37. The third-order valence-electron chi connectivity index (χ3n) is 6.36. The van der Waals surface area contributed by atoms with Gasteiger partial charge in [-0.15, -0.1) is 5.10 Å². The lowest BCUT2D eigenvalue weighted by molar-refractivity contribution is -0.0751. The number of rotatable bonds is 7. The first-order chi connectivity index (χ1) is 18.1. The molecule has 1 N–H and O–H groups in total. The molecule has 0 amide bonds. The zero-order chi connectivity index (χ0) is 25.7. The number of aromatic nitrogens is 3. The minimum atomic E-state index is -1.21. The Hall–Kier alpha value is -4.40. The Morgan fingerprint density at radius 3 is 2.19 bits per heavy atom. The summed E-state index contributed by atoms with van der Waals surface area (Å²) in [6.07, 6.45) is 0. The average Bonchev–Trinajstić information content (AvgIpc) is 3.37. The van der Waals surface area contributed by atoms with E-state index in [4.69, 9.17) is 4.74 Å². The van der Waals surface area contributed by atoms with Crippen molar-refractivity contribution in [3.8, 4) is 11.8 Å². The molecule has 1 aromatic heterocycles. The molecular weight excluding hydrogens is 456 g/mol. The van der Waals surface area contributed by atoms with Gasteiger partial charge in [0, 0.05) is 17.9 Å². The maximum Gasteiger partial charge on any atom is 0.251 e. The van der Waals surface area contributed by atoms with Crippen LogP contribution in [0.2, 0.25) is 0 Å². The summed E-state index contributed by atoms with van der Waals surface area (Å²) in [7, 11) is 0. The van der Waals surface area contributed by atoms with E-state index >= 15 is 0 Å². The topological polar surface area (TPSA) is 52.0 Å². The summed E-state index contributed by atoms with van der Waals surface area (Å²) in [5, 5.41) is 12.8. The van der Waals surface area contributed by atoms with Crippen LogP contribution < -0.4 is 5.32 Å². The number of anilines is 1. The summed E-state index contributed by atoms with van der Waals surface area (Å²) in [5.41, 5.74) is 5.69. The molecule has 5 rings (SSSR count). The van der Waals surface area contributed by atoms with Gasteiger partial charge in [0.15, 0.2) is 0 Å². The Bertz CT molecular complexity index is 1530. The van der Waals surface area contributed by atoms with E-state index in [1.165, 1.54) is 11.1 Å². The quantitative estimate of drug-likeness (QED) is 0.262. The average molecular weight is 487 g/mol. The molecule has 1 heterocycles. The first kappa shape index (κ1) is 24.3. The highest BCUT2D eigenvalue weighted by Crippen LogP contribution is 2.38. The molecule has 0 radical (unpaired) electrons. The van der Waals surface area contributed by atoms with Gasteiger partial charge < -0.3 is 10.1 Å². The van der Waals surface area contributed by atoms with Crippen LogP contribution in [0.25, 0.3) is 11.0 Å². The first-order valence-corrected chi connectivity index (χ1v) is 12.5. The highest BCUT2D eigenvalue weighted by molar-refractivity contribution is 5.74. The van der Waals surface area contributed by atoms with Gasteiger partial charge in [0.1, 0.15) is 11.6 Å². The number of fused-ring (bicyclic) bond motifs is 1. The van der Waals surface area contributed by atoms with Gasteiger partial charge in [-0.2, -0.15) is 4.68 Å². The molecular formula is C32H30N4O. The van der Waals surface area contributed by atoms with E-state index in [1.807, 2.05) is 66.2 Å². The zero-order valence-electron chi connectivity index (χ0n) is 21.3. The Morgan fingerprint density at radius 2 is 1.49 bits per heavy atom. The minimum absolute atomic E-state index is 0.405. The van der Waals surface area contributed by atoms with Crippen molar-refractivity contribution in [3.05, 3.63) is 125 Å². The van der Waals surface area contributed by atoms with Crippen molar-refractivity contribution in [2.45, 2.75) is 32.5 Å². The number of hydrogen-bond acceptors (Lipinski definition) is 4. The van der Waals surface area contributed by atoms with E-state index in [0.29, 0.717) is 6.61 Å². The third kappa shape index (κ3) is 5.11. The molecule has 5 nitrogen and oxygen atoms in total. The molecule has 0 saturated carbocycles. The van der Waals surface area contributed by atoms with E-state index < -0.39 is 11.8 Å². The SMILES string of the molecule is CCOC(C#Cc1ccccc1)(C(Nc1ccc(C)cc1)c1ccc(C)cc1)n1nnc2ccccc21. The fraction of sp³-hybridized carbons (Fsp3) is 0.188. The summed E-state index contributed by atoms with van der Waals surface area (Å²) in [4.78, 5) is 0. The molecule has 4 aromatic carbocycles. The van der Waals surface area contributed by atoms with Crippen LogP contribution in [0.15, 0.2) is 103 Å². The molecule has 2 unspecified atom stereocenters. The van der Waals surface area contributed by atoms with Crippen molar-refractivity contribution >= 4 is 16.7 Å². The molecule has 37 heavy (non-hydrogen) atoms. The van der Waals surface area contributed by atoms with Crippen LogP contribution in [0.3, 0.4) is 0 Å². The van der Waals surface area contributed by atoms with Gasteiger partial charge in [0.25, 0.3) is 5.72 Å². The number of nitrogens with zero attached hydrogens (tertiary/aromatic N) is 3. The van der Waals surface area contributed by atoms with E-state index in [0.717, 1.165) is 27.8 Å². The number of para-hydroxylation sites is 1. The van der Waals surface area contributed by atoms with Crippen molar-refractivity contribution < 1.29 is 4.74 Å². The summed E-state index contributed by atoms with van der Waals surface area (Å²) in [6.45, 7) is 6.58. The van der Waals surface area contributed by atoms with E-state index in [9.17, 15) is 0 Å². The molecule has 0 fully saturated rings. The van der Waals surface area contributed by atoms with Crippen molar-refractivity contribution in [2.75, 3.05) is 11.9 Å². The Balaban J connectivity index is 1.78. The molecule has 5 aromatic rings. The first-order valence-electron chi connectivity index (χ1n) is 12.5. The number of hydrogen-bond donors (Lipinski definition) is 1. The van der Waals surface area contributed by atoms with Gasteiger partial charge in [-0.05, 0) is 68.7 Å². The maximum atomic E-state index is 6.67. The van der Waals surface area contributed by atoms with Gasteiger partial charge in [0.05, 0.1) is 5.52 Å². The standard InChI is InChI=1S/C32H30N4O/c1-4-37-32(23-22-26-10-6-5-7-11-26,36-30-13-9-8-12-29(30)34-35-36)31(27-18-14-24(2)15-19-27)33-28-20-16-25(3)17-21-28/h5-21,31,33H,4H2,1-3H3. The summed E-state index contributed by atoms with van der Waals surface area (Å²) in [5.74, 6) is 6.89. The monoisotopic (exact) mass is 486 g/mol. The molecule has 0 spiro atoms. The van der Waals surface area contributed by atoms with Gasteiger partial charge in [-0.25, -0.2) is 0 Å². The van der Waals surface area contributed by atoms with Gasteiger partial charge >= 0.3 is 0 Å². The summed E-state index contributed by atoms with van der Waals surface area (Å²) in [6, 6.07) is 34.3. The number of benzene rings is 4. The normalized spacial score (nSPS) is 13.4. The molecule has 2 atom stereocenters. The summed E-state index contributed by atoms with van der Waals surface area (Å²) < 4.78 is 8.50. The molecule has 184 valence electrons. The Morgan fingerprint density at radius 1 is 0.838 bits per heavy atom. The Labute approximate surface area is 218 Å². The van der Waals surface area contributed by atoms with Gasteiger partial charge in [0.2, 0.25) is 0 Å². The zero-order valence-corrected chi connectivity index (χ0v) is 21.3. The van der Waals surface area contributed by atoms with E-state index in [2.05, 4.69) is 89.8 Å². The van der Waals surface area contributed by atoms with Crippen molar-refractivity contribution in [1.29, 1.82) is 0 Å². The molecule has 0 aliphatic heterocycles.